The number of nitrogen functional groups attached to an aromatic ring is 1. The molecule has 21 heavy (non-hydrogen) atoms. The Morgan fingerprint density at radius 1 is 1.29 bits per heavy atom. The van der Waals surface area contributed by atoms with Crippen LogP contribution in [0.1, 0.15) is 16.8 Å². The summed E-state index contributed by atoms with van der Waals surface area (Å²) in [6.45, 7) is 1.11. The van der Waals surface area contributed by atoms with Gasteiger partial charge in [0.15, 0.2) is 11.5 Å². The first-order valence-corrected chi connectivity index (χ1v) is 6.64. The fraction of sp³-hybridized carbons (Fsp3) is 0.429. The quantitative estimate of drug-likeness (QED) is 0.779. The van der Waals surface area contributed by atoms with Crippen LogP contribution in [0.25, 0.3) is 0 Å². The number of anilines is 1. The third-order valence-electron chi connectivity index (χ3n) is 3.33. The van der Waals surface area contributed by atoms with E-state index >= 15 is 0 Å². The number of methoxy groups -OCH3 is 2. The Balaban J connectivity index is 2.31. The van der Waals surface area contributed by atoms with Gasteiger partial charge in [-0.3, -0.25) is 9.59 Å². The molecule has 0 aromatic heterocycles. The zero-order valence-electron chi connectivity index (χ0n) is 12.1. The summed E-state index contributed by atoms with van der Waals surface area (Å²) < 4.78 is 10.3. The third kappa shape index (κ3) is 3.18. The minimum atomic E-state index is -0.287. The first-order chi connectivity index (χ1) is 10.1. The Hall–Kier alpha value is -2.44. The highest BCUT2D eigenvalue weighted by atomic mass is 16.5. The lowest BCUT2D eigenvalue weighted by atomic mass is 10.1. The van der Waals surface area contributed by atoms with E-state index in [-0.39, 0.29) is 18.4 Å². The molecule has 7 nitrogen and oxygen atoms in total. The molecule has 1 fully saturated rings. The number of hydrogen-bond acceptors (Lipinski definition) is 5. The van der Waals surface area contributed by atoms with Crippen LogP contribution in [0, 0.1) is 0 Å². The first-order valence-electron chi connectivity index (χ1n) is 6.64. The largest absolute Gasteiger partial charge is 0.493 e. The number of rotatable bonds is 3. The molecule has 0 spiro atoms. The fourth-order valence-corrected chi connectivity index (χ4v) is 2.23. The van der Waals surface area contributed by atoms with E-state index in [4.69, 9.17) is 15.2 Å². The van der Waals surface area contributed by atoms with Gasteiger partial charge in [0.2, 0.25) is 5.91 Å². The fourth-order valence-electron chi connectivity index (χ4n) is 2.23. The van der Waals surface area contributed by atoms with Gasteiger partial charge in [0, 0.05) is 24.8 Å². The molecule has 114 valence electrons. The molecule has 0 atom stereocenters. The summed E-state index contributed by atoms with van der Waals surface area (Å²) >= 11 is 0. The molecule has 0 unspecified atom stereocenters. The first kappa shape index (κ1) is 15.0. The molecule has 1 heterocycles. The number of benzene rings is 1. The standard InChI is InChI=1S/C14H19N3O4/c1-20-11-6-9(10(15)7-12(11)21-2)14(19)17-5-3-4-16-13(18)8-17/h6-7H,3-5,8,15H2,1-2H3,(H,16,18). The van der Waals surface area contributed by atoms with Gasteiger partial charge in [-0.15, -0.1) is 0 Å². The number of nitrogens with zero attached hydrogens (tertiary/aromatic N) is 1. The van der Waals surface area contributed by atoms with Crippen LogP contribution in [0.15, 0.2) is 12.1 Å². The molecule has 1 saturated heterocycles. The molecule has 0 aliphatic carbocycles. The van der Waals surface area contributed by atoms with Crippen molar-refractivity contribution in [3.8, 4) is 11.5 Å². The second kappa shape index (κ2) is 6.34. The van der Waals surface area contributed by atoms with Gasteiger partial charge in [-0.1, -0.05) is 0 Å². The molecule has 1 aliphatic heterocycles. The minimum absolute atomic E-state index is 0.0343. The van der Waals surface area contributed by atoms with Crippen LogP contribution in [0.4, 0.5) is 5.69 Å². The van der Waals surface area contributed by atoms with Crippen LogP contribution in [0.5, 0.6) is 11.5 Å². The lowest BCUT2D eigenvalue weighted by molar-refractivity contribution is -0.121. The summed E-state index contributed by atoms with van der Waals surface area (Å²) in [6.07, 6.45) is 0.713. The maximum atomic E-state index is 12.6. The summed E-state index contributed by atoms with van der Waals surface area (Å²) in [7, 11) is 2.99. The number of ether oxygens (including phenoxy) is 2. The Kier molecular flexibility index (Phi) is 4.52. The predicted molar refractivity (Wildman–Crippen MR) is 77.5 cm³/mol. The Morgan fingerprint density at radius 2 is 1.95 bits per heavy atom. The van der Waals surface area contributed by atoms with E-state index in [2.05, 4.69) is 5.32 Å². The summed E-state index contributed by atoms with van der Waals surface area (Å²) in [5.41, 5.74) is 6.52. The van der Waals surface area contributed by atoms with E-state index in [1.54, 1.807) is 12.1 Å². The SMILES string of the molecule is COc1cc(N)c(C(=O)N2CCCNC(=O)C2)cc1OC. The van der Waals surface area contributed by atoms with Gasteiger partial charge in [0.05, 0.1) is 26.3 Å². The van der Waals surface area contributed by atoms with Gasteiger partial charge >= 0.3 is 0 Å². The normalized spacial score (nSPS) is 15.1. The highest BCUT2D eigenvalue weighted by Gasteiger charge is 2.24. The molecule has 7 heteroatoms. The monoisotopic (exact) mass is 293 g/mol. The molecule has 0 radical (unpaired) electrons. The van der Waals surface area contributed by atoms with Gasteiger partial charge in [-0.05, 0) is 12.5 Å². The summed E-state index contributed by atoms with van der Waals surface area (Å²) in [5.74, 6) is 0.430. The van der Waals surface area contributed by atoms with E-state index in [0.717, 1.165) is 0 Å². The van der Waals surface area contributed by atoms with E-state index in [0.29, 0.717) is 42.3 Å². The average molecular weight is 293 g/mol. The van der Waals surface area contributed by atoms with Crippen molar-refractivity contribution in [2.24, 2.45) is 0 Å². The van der Waals surface area contributed by atoms with Crippen LogP contribution >= 0.6 is 0 Å². The summed E-state index contributed by atoms with van der Waals surface area (Å²) in [5, 5.41) is 2.73. The van der Waals surface area contributed by atoms with Gasteiger partial charge in [0.25, 0.3) is 5.91 Å². The Labute approximate surface area is 123 Å². The van der Waals surface area contributed by atoms with Crippen LogP contribution < -0.4 is 20.5 Å². The zero-order chi connectivity index (χ0) is 15.4. The smallest absolute Gasteiger partial charge is 0.256 e. The van der Waals surface area contributed by atoms with E-state index in [9.17, 15) is 9.59 Å². The molecule has 2 rings (SSSR count). The third-order valence-corrected chi connectivity index (χ3v) is 3.33. The maximum Gasteiger partial charge on any atom is 0.256 e. The molecule has 2 amide bonds. The summed E-state index contributed by atoms with van der Waals surface area (Å²) in [6, 6.07) is 3.09. The summed E-state index contributed by atoms with van der Waals surface area (Å²) in [4.78, 5) is 25.6. The van der Waals surface area contributed by atoms with Crippen molar-refractivity contribution < 1.29 is 19.1 Å². The van der Waals surface area contributed by atoms with Crippen LogP contribution in [0.3, 0.4) is 0 Å². The topological polar surface area (TPSA) is 93.9 Å². The second-order valence-corrected chi connectivity index (χ2v) is 4.72. The average Bonchev–Trinajstić information content (AvgIpc) is 2.70. The predicted octanol–water partition coefficient (Wildman–Crippen LogP) is 0.248. The van der Waals surface area contributed by atoms with Crippen LogP contribution in [-0.2, 0) is 4.79 Å². The van der Waals surface area contributed by atoms with Gasteiger partial charge in [-0.2, -0.15) is 0 Å². The maximum absolute atomic E-state index is 12.6. The molecule has 1 aromatic carbocycles. The van der Waals surface area contributed by atoms with Crippen LogP contribution in [0.2, 0.25) is 0 Å². The highest BCUT2D eigenvalue weighted by molar-refractivity contribution is 6.01. The number of nitrogens with one attached hydrogen (secondary N) is 1. The number of carbonyl (C=O) groups excluding carboxylic acids is 2. The Bertz CT molecular complexity index is 559. The van der Waals surface area contributed by atoms with Crippen molar-refractivity contribution >= 4 is 17.5 Å². The molecule has 3 N–H and O–H groups in total. The van der Waals surface area contributed by atoms with Gasteiger partial charge in [-0.25, -0.2) is 0 Å². The Morgan fingerprint density at radius 3 is 2.62 bits per heavy atom. The van der Waals surface area contributed by atoms with E-state index < -0.39 is 0 Å². The number of amides is 2. The second-order valence-electron chi connectivity index (χ2n) is 4.72. The molecule has 0 bridgehead atoms. The number of hydrogen-bond donors (Lipinski definition) is 2. The van der Waals surface area contributed by atoms with Gasteiger partial charge < -0.3 is 25.4 Å². The number of nitrogens with two attached hydrogens (primary N) is 1. The highest BCUT2D eigenvalue weighted by Crippen LogP contribution is 2.32. The molecule has 1 aromatic rings. The van der Waals surface area contributed by atoms with E-state index in [1.165, 1.54) is 19.1 Å². The lowest BCUT2D eigenvalue weighted by Crippen LogP contribution is -2.37. The molecular weight excluding hydrogens is 274 g/mol. The van der Waals surface area contributed by atoms with Crippen molar-refractivity contribution in [2.45, 2.75) is 6.42 Å². The van der Waals surface area contributed by atoms with Crippen molar-refractivity contribution in [1.82, 2.24) is 10.2 Å². The lowest BCUT2D eigenvalue weighted by Gasteiger charge is -2.20. The van der Waals surface area contributed by atoms with Crippen molar-refractivity contribution in [2.75, 3.05) is 39.6 Å². The molecular formula is C14H19N3O4. The molecule has 0 saturated carbocycles. The van der Waals surface area contributed by atoms with E-state index in [1.807, 2.05) is 0 Å². The van der Waals surface area contributed by atoms with Crippen LogP contribution in [-0.4, -0.2) is 50.6 Å². The van der Waals surface area contributed by atoms with Crippen molar-refractivity contribution in [3.63, 3.8) is 0 Å². The van der Waals surface area contributed by atoms with Crippen molar-refractivity contribution in [1.29, 1.82) is 0 Å². The minimum Gasteiger partial charge on any atom is -0.493 e. The van der Waals surface area contributed by atoms with Gasteiger partial charge in [0.1, 0.15) is 0 Å². The number of carbonyl (C=O) groups is 2. The van der Waals surface area contributed by atoms with Crippen molar-refractivity contribution in [3.05, 3.63) is 17.7 Å². The molecule has 1 aliphatic rings. The zero-order valence-corrected chi connectivity index (χ0v) is 12.1.